The molecule has 2 aromatic rings. The van der Waals surface area contributed by atoms with E-state index in [0.717, 1.165) is 22.5 Å². The van der Waals surface area contributed by atoms with Crippen LogP contribution < -0.4 is 8.85 Å². The Hall–Kier alpha value is -1.21. The summed E-state index contributed by atoms with van der Waals surface area (Å²) < 4.78 is 12.4. The van der Waals surface area contributed by atoms with Crippen molar-refractivity contribution in [2.24, 2.45) is 0 Å². The average Bonchev–Trinajstić information content (AvgIpc) is 2.52. The van der Waals surface area contributed by atoms with Crippen LogP contribution in [0.3, 0.4) is 0 Å². The first-order chi connectivity index (χ1) is 8.66. The van der Waals surface area contributed by atoms with Crippen LogP contribution in [0.2, 0.25) is 39.3 Å². The van der Waals surface area contributed by atoms with Gasteiger partial charge in [0, 0.05) is 5.39 Å². The minimum Gasteiger partial charge on any atom is -0.540 e. The number of hydrogen-bond acceptors (Lipinski definition) is 2. The molecule has 1 aromatic carbocycles. The predicted molar refractivity (Wildman–Crippen MR) is 86.2 cm³/mol. The Bertz CT molecular complexity index is 579. The van der Waals surface area contributed by atoms with E-state index in [1.54, 1.807) is 0 Å². The van der Waals surface area contributed by atoms with Crippen molar-refractivity contribution in [3.63, 3.8) is 0 Å². The molecule has 2 rings (SSSR count). The molecule has 0 bridgehead atoms. The molecule has 104 valence electrons. The van der Waals surface area contributed by atoms with Crippen LogP contribution in [0.5, 0.6) is 11.6 Å². The second kappa shape index (κ2) is 4.72. The normalized spacial score (nSPS) is 12.7. The lowest BCUT2D eigenvalue weighted by Gasteiger charge is -2.23. The van der Waals surface area contributed by atoms with E-state index in [9.17, 15) is 0 Å². The zero-order valence-electron chi connectivity index (χ0n) is 12.6. The molecule has 0 aliphatic rings. The number of hydrogen-bond donors (Lipinski definition) is 1. The van der Waals surface area contributed by atoms with Gasteiger partial charge in [0.25, 0.3) is 0 Å². The van der Waals surface area contributed by atoms with Crippen LogP contribution >= 0.6 is 0 Å². The van der Waals surface area contributed by atoms with Gasteiger partial charge in [-0.15, -0.1) is 0 Å². The molecule has 0 aliphatic heterocycles. The van der Waals surface area contributed by atoms with Gasteiger partial charge in [0.2, 0.25) is 22.5 Å². The molecule has 0 spiro atoms. The van der Waals surface area contributed by atoms with Crippen molar-refractivity contribution in [2.45, 2.75) is 39.3 Å². The number of nitrogens with one attached hydrogen (secondary N) is 1. The van der Waals surface area contributed by atoms with Gasteiger partial charge < -0.3 is 13.8 Å². The van der Waals surface area contributed by atoms with Gasteiger partial charge in [0.15, 0.2) is 5.75 Å². The van der Waals surface area contributed by atoms with E-state index in [1.807, 2.05) is 12.1 Å². The average molecular weight is 294 g/mol. The quantitative estimate of drug-likeness (QED) is 0.836. The van der Waals surface area contributed by atoms with E-state index in [0.29, 0.717) is 0 Å². The molecule has 0 amide bonds. The molecule has 19 heavy (non-hydrogen) atoms. The van der Waals surface area contributed by atoms with Crippen molar-refractivity contribution in [1.82, 2.24) is 4.98 Å². The lowest BCUT2D eigenvalue weighted by Crippen LogP contribution is -2.32. The van der Waals surface area contributed by atoms with Crippen molar-refractivity contribution >= 4 is 27.5 Å². The van der Waals surface area contributed by atoms with Gasteiger partial charge in [0.1, 0.15) is 0 Å². The van der Waals surface area contributed by atoms with Crippen molar-refractivity contribution in [3.05, 3.63) is 24.3 Å². The Balaban J connectivity index is 2.52. The van der Waals surface area contributed by atoms with Gasteiger partial charge in [-0.25, -0.2) is 0 Å². The van der Waals surface area contributed by atoms with E-state index in [2.05, 4.69) is 56.4 Å². The smallest absolute Gasteiger partial charge is 0.244 e. The fourth-order valence-corrected chi connectivity index (χ4v) is 3.45. The van der Waals surface area contributed by atoms with Crippen LogP contribution in [-0.4, -0.2) is 21.6 Å². The summed E-state index contributed by atoms with van der Waals surface area (Å²) in [7, 11) is -3.33. The number of benzene rings is 1. The van der Waals surface area contributed by atoms with E-state index in [-0.39, 0.29) is 0 Å². The maximum Gasteiger partial charge on any atom is 0.244 e. The zero-order chi connectivity index (χ0) is 14.3. The van der Waals surface area contributed by atoms with Gasteiger partial charge in [-0.1, -0.05) is 12.1 Å². The van der Waals surface area contributed by atoms with Crippen LogP contribution in [0.25, 0.3) is 10.9 Å². The van der Waals surface area contributed by atoms with Gasteiger partial charge >= 0.3 is 0 Å². The van der Waals surface area contributed by atoms with Gasteiger partial charge in [-0.05, 0) is 51.4 Å². The first kappa shape index (κ1) is 14.2. The molecule has 0 saturated heterocycles. The fraction of sp³-hybridized carbons (Fsp3) is 0.429. The molecule has 0 radical (unpaired) electrons. The summed E-state index contributed by atoms with van der Waals surface area (Å²) in [5.74, 6) is 1.68. The molecule has 3 nitrogen and oxygen atoms in total. The lowest BCUT2D eigenvalue weighted by molar-refractivity contribution is 0.483. The fourth-order valence-electron chi connectivity index (χ4n) is 1.88. The lowest BCUT2D eigenvalue weighted by atomic mass is 10.2. The number of aromatic amines is 1. The number of aromatic nitrogens is 1. The highest BCUT2D eigenvalue weighted by Crippen LogP contribution is 2.38. The summed E-state index contributed by atoms with van der Waals surface area (Å²) in [6, 6.07) is 8.20. The van der Waals surface area contributed by atoms with E-state index in [1.165, 1.54) is 0 Å². The molecule has 0 fully saturated rings. The highest BCUT2D eigenvalue weighted by molar-refractivity contribution is 6.71. The highest BCUT2D eigenvalue weighted by Gasteiger charge is 2.26. The second-order valence-electron chi connectivity index (χ2n) is 6.76. The third kappa shape index (κ3) is 3.64. The maximum atomic E-state index is 6.24. The standard InChI is InChI=1S/C14H23NO2Si2/c1-18(2,3)16-13-11-9-7-8-10-12(11)15-14(13)17-19(4,5)6/h7-10,15H,1-6H3. The largest absolute Gasteiger partial charge is 0.540 e. The van der Waals surface area contributed by atoms with Crippen molar-refractivity contribution in [1.29, 1.82) is 0 Å². The van der Waals surface area contributed by atoms with Crippen LogP contribution in [0.4, 0.5) is 0 Å². The predicted octanol–water partition coefficient (Wildman–Crippen LogP) is 4.60. The second-order valence-corrected chi connectivity index (χ2v) is 15.6. The Kier molecular flexibility index (Phi) is 3.53. The minimum atomic E-state index is -1.67. The number of para-hydroxylation sites is 1. The van der Waals surface area contributed by atoms with Crippen LogP contribution in [-0.2, 0) is 0 Å². The van der Waals surface area contributed by atoms with Gasteiger partial charge in [-0.2, -0.15) is 0 Å². The van der Waals surface area contributed by atoms with E-state index < -0.39 is 16.6 Å². The Morgan fingerprint density at radius 1 is 0.842 bits per heavy atom. The molecule has 1 N–H and O–H groups in total. The Morgan fingerprint density at radius 2 is 1.42 bits per heavy atom. The first-order valence-electron chi connectivity index (χ1n) is 6.64. The molecule has 0 saturated carbocycles. The Morgan fingerprint density at radius 3 is 2.00 bits per heavy atom. The summed E-state index contributed by atoms with van der Waals surface area (Å²) in [5, 5.41) is 1.11. The summed E-state index contributed by atoms with van der Waals surface area (Å²) in [6.45, 7) is 13.1. The van der Waals surface area contributed by atoms with Crippen LogP contribution in [0, 0.1) is 0 Å². The molecule has 1 heterocycles. The molecular formula is C14H23NO2Si2. The summed E-state index contributed by atoms with van der Waals surface area (Å²) in [4.78, 5) is 3.35. The molecule has 5 heteroatoms. The third-order valence-electron chi connectivity index (χ3n) is 2.44. The monoisotopic (exact) mass is 293 g/mol. The summed E-state index contributed by atoms with van der Waals surface area (Å²) >= 11 is 0. The van der Waals surface area contributed by atoms with Crippen molar-refractivity contribution in [2.75, 3.05) is 0 Å². The topological polar surface area (TPSA) is 34.2 Å². The summed E-state index contributed by atoms with van der Waals surface area (Å²) in [6.07, 6.45) is 0. The van der Waals surface area contributed by atoms with Crippen LogP contribution in [0.1, 0.15) is 0 Å². The molecular weight excluding hydrogens is 270 g/mol. The molecule has 0 aliphatic carbocycles. The first-order valence-corrected chi connectivity index (χ1v) is 13.5. The number of H-pyrrole nitrogens is 1. The van der Waals surface area contributed by atoms with Crippen molar-refractivity contribution < 1.29 is 8.85 Å². The maximum absolute atomic E-state index is 6.24. The van der Waals surface area contributed by atoms with E-state index >= 15 is 0 Å². The van der Waals surface area contributed by atoms with Crippen molar-refractivity contribution in [3.8, 4) is 11.6 Å². The van der Waals surface area contributed by atoms with Gasteiger partial charge in [-0.3, -0.25) is 0 Å². The minimum absolute atomic E-state index is 0.794. The molecule has 1 aromatic heterocycles. The van der Waals surface area contributed by atoms with Crippen LogP contribution in [0.15, 0.2) is 24.3 Å². The van der Waals surface area contributed by atoms with E-state index in [4.69, 9.17) is 8.85 Å². The number of fused-ring (bicyclic) bond motifs is 1. The van der Waals surface area contributed by atoms with Gasteiger partial charge in [0.05, 0.1) is 5.52 Å². The zero-order valence-corrected chi connectivity index (χ0v) is 14.6. The SMILES string of the molecule is C[Si](C)(C)Oc1[nH]c2ccccc2c1O[Si](C)(C)C. The highest BCUT2D eigenvalue weighted by atomic mass is 28.4. The Labute approximate surface area is 117 Å². The third-order valence-corrected chi connectivity index (χ3v) is 4.08. The number of rotatable bonds is 4. The molecule has 0 unspecified atom stereocenters. The molecule has 0 atom stereocenters. The summed E-state index contributed by atoms with van der Waals surface area (Å²) in [5.41, 5.74) is 1.07.